The molecule has 0 bridgehead atoms. The van der Waals surface area contributed by atoms with Crippen molar-refractivity contribution in [3.8, 4) is 5.75 Å². The first-order valence-corrected chi connectivity index (χ1v) is 15.7. The van der Waals surface area contributed by atoms with E-state index >= 15 is 0 Å². The van der Waals surface area contributed by atoms with Gasteiger partial charge in [-0.15, -0.1) is 0 Å². The molecule has 0 saturated heterocycles. The summed E-state index contributed by atoms with van der Waals surface area (Å²) >= 11 is 0. The van der Waals surface area contributed by atoms with Gasteiger partial charge in [0.1, 0.15) is 11.4 Å². The number of carbonyl (C=O) groups is 1. The Morgan fingerprint density at radius 3 is 1.74 bits per heavy atom. The molecule has 0 radical (unpaired) electrons. The third-order valence-corrected chi connectivity index (χ3v) is 7.47. The van der Waals surface area contributed by atoms with Crippen LogP contribution in [0.5, 0.6) is 5.75 Å². The van der Waals surface area contributed by atoms with Gasteiger partial charge in [-0.2, -0.15) is 0 Å². The maximum Gasteiger partial charge on any atom is 0.347 e. The van der Waals surface area contributed by atoms with E-state index in [0.717, 1.165) is 29.4 Å². The second-order valence-corrected chi connectivity index (χ2v) is 12.2. The Labute approximate surface area is 237 Å². The molecule has 3 rings (SSSR count). The number of carbonyl (C=O) groups excluding carboxylic acids is 1. The van der Waals surface area contributed by atoms with Crippen molar-refractivity contribution < 1.29 is 14.3 Å². The minimum absolute atomic E-state index is 0.269. The predicted molar refractivity (Wildman–Crippen MR) is 167 cm³/mol. The molecule has 0 heterocycles. The average Bonchev–Trinajstić information content (AvgIpc) is 2.90. The van der Waals surface area contributed by atoms with Crippen LogP contribution in [0.15, 0.2) is 54.6 Å². The monoisotopic (exact) mass is 532 g/mol. The lowest BCUT2D eigenvalue weighted by Crippen LogP contribution is -2.35. The van der Waals surface area contributed by atoms with Crippen molar-refractivity contribution in [2.24, 2.45) is 0 Å². The fourth-order valence-electron chi connectivity index (χ4n) is 5.31. The van der Waals surface area contributed by atoms with Gasteiger partial charge in [0, 0.05) is 5.39 Å². The third kappa shape index (κ3) is 11.2. The fourth-order valence-corrected chi connectivity index (χ4v) is 5.31. The van der Waals surface area contributed by atoms with E-state index < -0.39 is 11.7 Å². The Morgan fingerprint density at radius 2 is 1.18 bits per heavy atom. The molecule has 0 aliphatic rings. The summed E-state index contributed by atoms with van der Waals surface area (Å²) in [5.74, 6) is 0.481. The summed E-state index contributed by atoms with van der Waals surface area (Å²) in [6, 6.07) is 18.8. The first-order valence-electron chi connectivity index (χ1n) is 15.7. The molecule has 0 amide bonds. The first-order chi connectivity index (χ1) is 18.9. The van der Waals surface area contributed by atoms with E-state index in [-0.39, 0.29) is 5.97 Å². The molecule has 39 heavy (non-hydrogen) atoms. The summed E-state index contributed by atoms with van der Waals surface area (Å²) < 4.78 is 12.2. The minimum atomic E-state index is -0.598. The van der Waals surface area contributed by atoms with Crippen LogP contribution in [-0.2, 0) is 9.53 Å². The molecule has 0 aromatic heterocycles. The number of ether oxygens (including phenoxy) is 2. The molecule has 0 fully saturated rings. The summed E-state index contributed by atoms with van der Waals surface area (Å²) in [5.41, 5.74) is -0.539. The molecule has 214 valence electrons. The third-order valence-electron chi connectivity index (χ3n) is 7.47. The highest BCUT2D eigenvalue weighted by Crippen LogP contribution is 2.31. The molecule has 1 unspecified atom stereocenters. The summed E-state index contributed by atoms with van der Waals surface area (Å²) in [5, 5.41) is 4.52. The Bertz CT molecular complexity index is 1130. The van der Waals surface area contributed by atoms with Crippen molar-refractivity contribution in [1.29, 1.82) is 0 Å². The smallest absolute Gasteiger partial charge is 0.347 e. The standard InChI is InChI=1S/C36H52O3/c1-5-6-7-8-9-10-11-12-13-14-15-16-17-18-25-34(35(37)39-36(2,3)4)38-33-26-21-24-31-27-29-22-19-20-23-30(29)28-32(31)33/h19-24,26-28,34H,5-18,25H2,1-4H3. The van der Waals surface area contributed by atoms with E-state index in [2.05, 4.69) is 49.4 Å². The van der Waals surface area contributed by atoms with Crippen molar-refractivity contribution in [3.63, 3.8) is 0 Å². The molecule has 0 aliphatic carbocycles. The second kappa shape index (κ2) is 16.5. The molecule has 3 heteroatoms. The quantitative estimate of drug-likeness (QED) is 0.0928. The van der Waals surface area contributed by atoms with Crippen molar-refractivity contribution in [2.75, 3.05) is 0 Å². The molecule has 0 spiro atoms. The summed E-state index contributed by atoms with van der Waals surface area (Å²) in [7, 11) is 0. The average molecular weight is 533 g/mol. The first kappa shape index (κ1) is 31.0. The SMILES string of the molecule is CCCCCCCCCCCCCCCCC(Oc1cccc2cc3ccccc3cc12)C(=O)OC(C)(C)C. The number of esters is 1. The molecular formula is C36H52O3. The lowest BCUT2D eigenvalue weighted by atomic mass is 10.0. The Morgan fingerprint density at radius 1 is 0.667 bits per heavy atom. The molecule has 0 N–H and O–H groups in total. The summed E-state index contributed by atoms with van der Waals surface area (Å²) in [6.45, 7) is 8.02. The molecule has 0 aliphatic heterocycles. The zero-order valence-corrected chi connectivity index (χ0v) is 25.1. The highest BCUT2D eigenvalue weighted by atomic mass is 16.6. The molecule has 3 nitrogen and oxygen atoms in total. The van der Waals surface area contributed by atoms with Gasteiger partial charge in [-0.3, -0.25) is 0 Å². The molecule has 1 atom stereocenters. The van der Waals surface area contributed by atoms with Crippen LogP contribution < -0.4 is 4.74 Å². The number of unbranched alkanes of at least 4 members (excludes halogenated alkanes) is 13. The van der Waals surface area contributed by atoms with E-state index in [9.17, 15) is 4.79 Å². The van der Waals surface area contributed by atoms with Crippen molar-refractivity contribution in [3.05, 3.63) is 54.6 Å². The van der Waals surface area contributed by atoms with Crippen LogP contribution in [0.25, 0.3) is 21.5 Å². The van der Waals surface area contributed by atoms with Gasteiger partial charge in [0.2, 0.25) is 0 Å². The number of hydrogen-bond donors (Lipinski definition) is 0. The van der Waals surface area contributed by atoms with Gasteiger partial charge in [0.05, 0.1) is 0 Å². The van der Waals surface area contributed by atoms with Gasteiger partial charge >= 0.3 is 5.97 Å². The zero-order valence-electron chi connectivity index (χ0n) is 25.1. The number of rotatable bonds is 18. The van der Waals surface area contributed by atoms with Crippen LogP contribution in [-0.4, -0.2) is 17.7 Å². The van der Waals surface area contributed by atoms with Gasteiger partial charge in [-0.05, 0) is 68.0 Å². The predicted octanol–water partition coefficient (Wildman–Crippen LogP) is 11.0. The van der Waals surface area contributed by atoms with Gasteiger partial charge in [-0.25, -0.2) is 4.79 Å². The lowest BCUT2D eigenvalue weighted by molar-refractivity contribution is -0.163. The number of hydrogen-bond acceptors (Lipinski definition) is 3. The van der Waals surface area contributed by atoms with E-state index in [1.807, 2.05) is 32.9 Å². The van der Waals surface area contributed by atoms with E-state index in [1.165, 1.54) is 87.8 Å². The van der Waals surface area contributed by atoms with Crippen molar-refractivity contribution >= 4 is 27.5 Å². The maximum absolute atomic E-state index is 13.1. The van der Waals surface area contributed by atoms with Gasteiger partial charge < -0.3 is 9.47 Å². The minimum Gasteiger partial charge on any atom is -0.478 e. The van der Waals surface area contributed by atoms with Crippen LogP contribution in [0.1, 0.15) is 124 Å². The molecule has 0 saturated carbocycles. The van der Waals surface area contributed by atoms with Gasteiger partial charge in [-0.1, -0.05) is 127 Å². The van der Waals surface area contributed by atoms with Gasteiger partial charge in [0.15, 0.2) is 6.10 Å². The van der Waals surface area contributed by atoms with Crippen molar-refractivity contribution in [1.82, 2.24) is 0 Å². The Balaban J connectivity index is 1.47. The van der Waals surface area contributed by atoms with Crippen LogP contribution >= 0.6 is 0 Å². The van der Waals surface area contributed by atoms with Gasteiger partial charge in [0.25, 0.3) is 0 Å². The van der Waals surface area contributed by atoms with Crippen LogP contribution in [0, 0.1) is 0 Å². The molecule has 3 aromatic carbocycles. The maximum atomic E-state index is 13.1. The lowest BCUT2D eigenvalue weighted by Gasteiger charge is -2.25. The highest BCUT2D eigenvalue weighted by Gasteiger charge is 2.27. The van der Waals surface area contributed by atoms with Crippen LogP contribution in [0.2, 0.25) is 0 Å². The zero-order chi connectivity index (χ0) is 27.9. The highest BCUT2D eigenvalue weighted by molar-refractivity contribution is 6.01. The molecule has 3 aromatic rings. The summed E-state index contributed by atoms with van der Waals surface area (Å²) in [4.78, 5) is 13.1. The van der Waals surface area contributed by atoms with E-state index in [4.69, 9.17) is 9.47 Å². The number of benzene rings is 3. The largest absolute Gasteiger partial charge is 0.478 e. The fraction of sp³-hybridized carbons (Fsp3) is 0.583. The topological polar surface area (TPSA) is 35.5 Å². The van der Waals surface area contributed by atoms with Crippen molar-refractivity contribution in [2.45, 2.75) is 136 Å². The normalized spacial score (nSPS) is 12.6. The Hall–Kier alpha value is -2.55. The Kier molecular flexibility index (Phi) is 13.1. The van der Waals surface area contributed by atoms with Crippen LogP contribution in [0.4, 0.5) is 0 Å². The van der Waals surface area contributed by atoms with E-state index in [1.54, 1.807) is 0 Å². The molecular weight excluding hydrogens is 480 g/mol. The van der Waals surface area contributed by atoms with Crippen LogP contribution in [0.3, 0.4) is 0 Å². The van der Waals surface area contributed by atoms with E-state index in [0.29, 0.717) is 6.42 Å². The number of fused-ring (bicyclic) bond motifs is 2. The summed E-state index contributed by atoms with van der Waals surface area (Å²) in [6.07, 6.45) is 18.5. The second-order valence-electron chi connectivity index (χ2n) is 12.2.